The first-order valence-electron chi connectivity index (χ1n) is 7.72. The molecule has 2 heterocycles. The summed E-state index contributed by atoms with van der Waals surface area (Å²) >= 11 is 0. The van der Waals surface area contributed by atoms with E-state index in [1.807, 2.05) is 11.7 Å². The van der Waals surface area contributed by atoms with E-state index in [9.17, 15) is 0 Å². The van der Waals surface area contributed by atoms with Crippen molar-refractivity contribution in [3.63, 3.8) is 0 Å². The molecule has 1 aromatic rings. The van der Waals surface area contributed by atoms with Gasteiger partial charge in [0, 0.05) is 38.4 Å². The van der Waals surface area contributed by atoms with Gasteiger partial charge in [0.15, 0.2) is 0 Å². The van der Waals surface area contributed by atoms with E-state index < -0.39 is 0 Å². The average molecular weight is 264 g/mol. The molecule has 2 unspecified atom stereocenters. The zero-order valence-corrected chi connectivity index (χ0v) is 12.8. The van der Waals surface area contributed by atoms with Crippen LogP contribution in [0.3, 0.4) is 0 Å². The summed E-state index contributed by atoms with van der Waals surface area (Å²) in [6, 6.07) is 1.22. The second kappa shape index (κ2) is 6.42. The van der Waals surface area contributed by atoms with E-state index in [1.54, 1.807) is 0 Å². The number of aromatic nitrogens is 2. The maximum Gasteiger partial charge on any atom is 0.0855 e. The molecule has 1 saturated heterocycles. The van der Waals surface area contributed by atoms with Crippen LogP contribution in [0.4, 0.5) is 5.69 Å². The summed E-state index contributed by atoms with van der Waals surface area (Å²) in [6.07, 6.45) is 6.89. The Kier molecular flexibility index (Phi) is 4.86. The maximum atomic E-state index is 4.60. The van der Waals surface area contributed by atoms with Crippen LogP contribution >= 0.6 is 0 Å². The molecule has 1 aromatic heterocycles. The third kappa shape index (κ3) is 3.11. The van der Waals surface area contributed by atoms with Crippen molar-refractivity contribution in [2.24, 2.45) is 7.05 Å². The molecular weight excluding hydrogens is 236 g/mol. The fraction of sp³-hybridized carbons (Fsp3) is 0.800. The van der Waals surface area contributed by atoms with Crippen molar-refractivity contribution in [2.75, 3.05) is 18.0 Å². The number of nitrogens with zero attached hydrogens (tertiary/aromatic N) is 3. The molecule has 0 radical (unpaired) electrons. The van der Waals surface area contributed by atoms with Gasteiger partial charge in [0.05, 0.1) is 11.4 Å². The highest BCUT2D eigenvalue weighted by molar-refractivity contribution is 5.51. The summed E-state index contributed by atoms with van der Waals surface area (Å²) < 4.78 is 1.96. The first-order chi connectivity index (χ1) is 9.19. The Morgan fingerprint density at radius 3 is 2.79 bits per heavy atom. The van der Waals surface area contributed by atoms with E-state index in [-0.39, 0.29) is 0 Å². The molecular formula is C15H28N4. The first kappa shape index (κ1) is 14.4. The van der Waals surface area contributed by atoms with Crippen LogP contribution in [0.5, 0.6) is 0 Å². The summed E-state index contributed by atoms with van der Waals surface area (Å²) in [5, 5.41) is 8.29. The standard InChI is InChI=1S/C15H28N4/c1-5-8-12-10-19(13(6-2)9-16-12)15-11-18(4)17-14(15)7-3/h11-13,16H,5-10H2,1-4H3. The molecule has 2 rings (SSSR count). The molecule has 0 aromatic carbocycles. The van der Waals surface area contributed by atoms with Crippen molar-refractivity contribution in [1.29, 1.82) is 0 Å². The van der Waals surface area contributed by atoms with Crippen molar-refractivity contribution < 1.29 is 0 Å². The lowest BCUT2D eigenvalue weighted by atomic mass is 10.0. The molecule has 19 heavy (non-hydrogen) atoms. The predicted molar refractivity (Wildman–Crippen MR) is 80.7 cm³/mol. The maximum absolute atomic E-state index is 4.60. The highest BCUT2D eigenvalue weighted by atomic mass is 15.3. The molecule has 0 aliphatic carbocycles. The van der Waals surface area contributed by atoms with E-state index in [4.69, 9.17) is 0 Å². The number of nitrogens with one attached hydrogen (secondary N) is 1. The van der Waals surface area contributed by atoms with Gasteiger partial charge in [-0.05, 0) is 19.3 Å². The topological polar surface area (TPSA) is 33.1 Å². The second-order valence-electron chi connectivity index (χ2n) is 5.60. The Hall–Kier alpha value is -1.03. The Balaban J connectivity index is 2.21. The third-order valence-corrected chi connectivity index (χ3v) is 4.14. The van der Waals surface area contributed by atoms with Gasteiger partial charge in [0.1, 0.15) is 0 Å². The van der Waals surface area contributed by atoms with Crippen LogP contribution in [0, 0.1) is 0 Å². The molecule has 0 bridgehead atoms. The lowest BCUT2D eigenvalue weighted by Gasteiger charge is -2.41. The van der Waals surface area contributed by atoms with Gasteiger partial charge >= 0.3 is 0 Å². The Morgan fingerprint density at radius 1 is 1.37 bits per heavy atom. The molecule has 0 spiro atoms. The van der Waals surface area contributed by atoms with E-state index in [1.165, 1.54) is 30.6 Å². The Bertz CT molecular complexity index is 399. The molecule has 2 atom stereocenters. The smallest absolute Gasteiger partial charge is 0.0855 e. The zero-order valence-electron chi connectivity index (χ0n) is 12.8. The minimum Gasteiger partial charge on any atom is -0.363 e. The normalized spacial score (nSPS) is 23.9. The number of rotatable bonds is 5. The van der Waals surface area contributed by atoms with Gasteiger partial charge in [0.2, 0.25) is 0 Å². The Labute approximate surface area is 117 Å². The molecule has 1 aliphatic rings. The SMILES string of the molecule is CCCC1CN(c2cn(C)nc2CC)C(CC)CN1. The van der Waals surface area contributed by atoms with Gasteiger partial charge in [-0.3, -0.25) is 4.68 Å². The fourth-order valence-electron chi connectivity index (χ4n) is 3.08. The minimum absolute atomic E-state index is 0.600. The summed E-state index contributed by atoms with van der Waals surface area (Å²) in [5.41, 5.74) is 2.58. The van der Waals surface area contributed by atoms with Crippen molar-refractivity contribution in [1.82, 2.24) is 15.1 Å². The monoisotopic (exact) mass is 264 g/mol. The quantitative estimate of drug-likeness (QED) is 0.886. The summed E-state index contributed by atoms with van der Waals surface area (Å²) in [6.45, 7) is 8.95. The fourth-order valence-corrected chi connectivity index (χ4v) is 3.08. The van der Waals surface area contributed by atoms with Crippen molar-refractivity contribution in [3.8, 4) is 0 Å². The van der Waals surface area contributed by atoms with Crippen molar-refractivity contribution >= 4 is 5.69 Å². The zero-order chi connectivity index (χ0) is 13.8. The van der Waals surface area contributed by atoms with Gasteiger partial charge in [-0.15, -0.1) is 0 Å². The van der Waals surface area contributed by atoms with Crippen LogP contribution in [0.25, 0.3) is 0 Å². The summed E-state index contributed by atoms with van der Waals surface area (Å²) in [5.74, 6) is 0. The summed E-state index contributed by atoms with van der Waals surface area (Å²) in [7, 11) is 2.02. The van der Waals surface area contributed by atoms with Crippen LogP contribution < -0.4 is 10.2 Å². The highest BCUT2D eigenvalue weighted by Gasteiger charge is 2.28. The lowest BCUT2D eigenvalue weighted by Crippen LogP contribution is -2.56. The van der Waals surface area contributed by atoms with Crippen LogP contribution in [0.1, 0.15) is 45.7 Å². The van der Waals surface area contributed by atoms with Gasteiger partial charge in [-0.2, -0.15) is 5.10 Å². The van der Waals surface area contributed by atoms with Gasteiger partial charge in [-0.1, -0.05) is 27.2 Å². The number of aryl methyl sites for hydroxylation is 2. The second-order valence-corrected chi connectivity index (χ2v) is 5.60. The third-order valence-electron chi connectivity index (χ3n) is 4.14. The molecule has 4 nitrogen and oxygen atoms in total. The minimum atomic E-state index is 0.600. The number of anilines is 1. The number of piperazine rings is 1. The molecule has 108 valence electrons. The van der Waals surface area contributed by atoms with Crippen LogP contribution in [0.15, 0.2) is 6.20 Å². The molecule has 4 heteroatoms. The van der Waals surface area contributed by atoms with Crippen LogP contribution in [-0.2, 0) is 13.5 Å². The first-order valence-corrected chi connectivity index (χ1v) is 7.72. The van der Waals surface area contributed by atoms with E-state index in [0.717, 1.165) is 19.5 Å². The highest BCUT2D eigenvalue weighted by Crippen LogP contribution is 2.26. The van der Waals surface area contributed by atoms with Crippen molar-refractivity contribution in [2.45, 2.75) is 58.5 Å². The van der Waals surface area contributed by atoms with E-state index in [0.29, 0.717) is 12.1 Å². The lowest BCUT2D eigenvalue weighted by molar-refractivity contribution is 0.369. The van der Waals surface area contributed by atoms with E-state index in [2.05, 4.69) is 42.3 Å². The predicted octanol–water partition coefficient (Wildman–Crippen LogP) is 2.34. The molecule has 0 saturated carbocycles. The van der Waals surface area contributed by atoms with Crippen LogP contribution in [-0.4, -0.2) is 35.0 Å². The van der Waals surface area contributed by atoms with Crippen molar-refractivity contribution in [3.05, 3.63) is 11.9 Å². The molecule has 0 amide bonds. The molecule has 1 fully saturated rings. The number of hydrogen-bond acceptors (Lipinski definition) is 3. The van der Waals surface area contributed by atoms with E-state index >= 15 is 0 Å². The summed E-state index contributed by atoms with van der Waals surface area (Å²) in [4.78, 5) is 2.59. The average Bonchev–Trinajstić information content (AvgIpc) is 2.80. The largest absolute Gasteiger partial charge is 0.363 e. The van der Waals surface area contributed by atoms with Gasteiger partial charge < -0.3 is 10.2 Å². The van der Waals surface area contributed by atoms with Gasteiger partial charge in [-0.25, -0.2) is 0 Å². The Morgan fingerprint density at radius 2 is 2.16 bits per heavy atom. The molecule has 1 aliphatic heterocycles. The number of hydrogen-bond donors (Lipinski definition) is 1. The van der Waals surface area contributed by atoms with Gasteiger partial charge in [0.25, 0.3) is 0 Å². The van der Waals surface area contributed by atoms with Crippen LogP contribution in [0.2, 0.25) is 0 Å². The molecule has 1 N–H and O–H groups in total.